The zero-order valence-corrected chi connectivity index (χ0v) is 11.2. The zero-order valence-electron chi connectivity index (χ0n) is 11.2. The summed E-state index contributed by atoms with van der Waals surface area (Å²) in [6.07, 6.45) is -0.227. The van der Waals surface area contributed by atoms with Crippen molar-refractivity contribution >= 4 is 11.7 Å². The van der Waals surface area contributed by atoms with Gasteiger partial charge in [0.15, 0.2) is 6.10 Å². The third-order valence-corrected chi connectivity index (χ3v) is 2.56. The number of rotatable bonds is 6. The number of carbonyl (C=O) groups is 1. The fraction of sp³-hybridized carbons (Fsp3) is 0.462. The highest BCUT2D eigenvalue weighted by Crippen LogP contribution is 2.24. The van der Waals surface area contributed by atoms with E-state index in [-0.39, 0.29) is 12.3 Å². The molecule has 6 heteroatoms. The molecule has 0 fully saturated rings. The van der Waals surface area contributed by atoms with Crippen LogP contribution in [0.2, 0.25) is 0 Å². The van der Waals surface area contributed by atoms with Crippen LogP contribution in [-0.4, -0.2) is 23.6 Å². The molecule has 0 heterocycles. The van der Waals surface area contributed by atoms with E-state index in [0.29, 0.717) is 17.7 Å². The van der Waals surface area contributed by atoms with Crippen molar-refractivity contribution in [2.45, 2.75) is 33.3 Å². The number of nitrogens with zero attached hydrogens (tertiary/aromatic N) is 1. The summed E-state index contributed by atoms with van der Waals surface area (Å²) in [4.78, 5) is 21.8. The van der Waals surface area contributed by atoms with Crippen LogP contribution in [0.15, 0.2) is 18.2 Å². The molecule has 104 valence electrons. The highest BCUT2D eigenvalue weighted by Gasteiger charge is 2.21. The Kier molecular flexibility index (Phi) is 5.29. The van der Waals surface area contributed by atoms with E-state index in [2.05, 4.69) is 0 Å². The maximum absolute atomic E-state index is 11.6. The minimum atomic E-state index is -0.694. The third-order valence-electron chi connectivity index (χ3n) is 2.56. The molecule has 0 aliphatic heterocycles. The predicted octanol–water partition coefficient (Wildman–Crippen LogP) is 2.62. The van der Waals surface area contributed by atoms with E-state index >= 15 is 0 Å². The Morgan fingerprint density at radius 1 is 1.42 bits per heavy atom. The number of hydrogen-bond donors (Lipinski definition) is 0. The Hall–Kier alpha value is -2.11. The number of ether oxygens (including phenoxy) is 2. The summed E-state index contributed by atoms with van der Waals surface area (Å²) in [5.74, 6) is 0.0215. The van der Waals surface area contributed by atoms with E-state index < -0.39 is 17.0 Å². The molecule has 19 heavy (non-hydrogen) atoms. The molecule has 0 aromatic heterocycles. The molecule has 0 saturated heterocycles. The number of nitro groups is 1. The Morgan fingerprint density at radius 3 is 2.58 bits per heavy atom. The molecule has 0 spiro atoms. The van der Waals surface area contributed by atoms with Gasteiger partial charge >= 0.3 is 5.97 Å². The molecule has 0 bridgehead atoms. The van der Waals surface area contributed by atoms with Crippen molar-refractivity contribution in [1.29, 1.82) is 0 Å². The van der Waals surface area contributed by atoms with E-state index in [9.17, 15) is 14.9 Å². The maximum Gasteiger partial charge on any atom is 0.347 e. The van der Waals surface area contributed by atoms with Crippen molar-refractivity contribution < 1.29 is 19.2 Å². The molecule has 1 unspecified atom stereocenters. The van der Waals surface area contributed by atoms with E-state index in [1.165, 1.54) is 18.2 Å². The van der Waals surface area contributed by atoms with Crippen LogP contribution < -0.4 is 4.74 Å². The summed E-state index contributed by atoms with van der Waals surface area (Å²) in [5.41, 5.74) is 0.603. The average Bonchev–Trinajstić information content (AvgIpc) is 2.37. The van der Waals surface area contributed by atoms with Crippen LogP contribution in [0.3, 0.4) is 0 Å². The van der Waals surface area contributed by atoms with Gasteiger partial charge in [0.05, 0.1) is 11.5 Å². The van der Waals surface area contributed by atoms with Crippen LogP contribution in [-0.2, 0) is 9.53 Å². The van der Waals surface area contributed by atoms with E-state index in [4.69, 9.17) is 9.47 Å². The lowest BCUT2D eigenvalue weighted by Crippen LogP contribution is -2.28. The quantitative estimate of drug-likeness (QED) is 0.449. The van der Waals surface area contributed by atoms with Crippen LogP contribution in [0, 0.1) is 17.0 Å². The first-order chi connectivity index (χ1) is 8.99. The molecule has 0 saturated carbocycles. The number of nitro benzene ring substituents is 1. The fourth-order valence-electron chi connectivity index (χ4n) is 1.57. The summed E-state index contributed by atoms with van der Waals surface area (Å²) in [6.45, 7) is 5.52. The largest absolute Gasteiger partial charge is 0.478 e. The van der Waals surface area contributed by atoms with Gasteiger partial charge in [0.1, 0.15) is 5.75 Å². The van der Waals surface area contributed by atoms with Gasteiger partial charge < -0.3 is 9.47 Å². The molecule has 6 nitrogen and oxygen atoms in total. The van der Waals surface area contributed by atoms with Crippen molar-refractivity contribution in [3.05, 3.63) is 33.9 Å². The van der Waals surface area contributed by atoms with Crippen LogP contribution >= 0.6 is 0 Å². The smallest absolute Gasteiger partial charge is 0.347 e. The van der Waals surface area contributed by atoms with Crippen molar-refractivity contribution in [1.82, 2.24) is 0 Å². The van der Waals surface area contributed by atoms with Gasteiger partial charge in [0, 0.05) is 12.1 Å². The molecule has 0 N–H and O–H groups in total. The molecular formula is C13H17NO5. The Bertz CT molecular complexity index is 472. The standard InChI is InChI=1S/C13H17NO5/c1-4-11(13(15)18-5-2)19-12-7-6-10(14(16)17)8-9(12)3/h6-8,11H,4-5H2,1-3H3. The van der Waals surface area contributed by atoms with Gasteiger partial charge in [-0.1, -0.05) is 6.92 Å². The van der Waals surface area contributed by atoms with Crippen LogP contribution in [0.4, 0.5) is 5.69 Å². The molecule has 1 atom stereocenters. The van der Waals surface area contributed by atoms with Crippen LogP contribution in [0.1, 0.15) is 25.8 Å². The summed E-state index contributed by atoms with van der Waals surface area (Å²) in [6, 6.07) is 4.25. The molecular weight excluding hydrogens is 250 g/mol. The normalized spacial score (nSPS) is 11.7. The van der Waals surface area contributed by atoms with Gasteiger partial charge in [-0.05, 0) is 31.9 Å². The Balaban J connectivity index is 2.86. The first-order valence-electron chi connectivity index (χ1n) is 6.07. The Labute approximate surface area is 111 Å². The number of benzene rings is 1. The van der Waals surface area contributed by atoms with Gasteiger partial charge in [-0.2, -0.15) is 0 Å². The van der Waals surface area contributed by atoms with Gasteiger partial charge in [0.25, 0.3) is 5.69 Å². The van der Waals surface area contributed by atoms with Gasteiger partial charge in [-0.15, -0.1) is 0 Å². The van der Waals surface area contributed by atoms with Crippen molar-refractivity contribution in [3.63, 3.8) is 0 Å². The third kappa shape index (κ3) is 3.94. The van der Waals surface area contributed by atoms with Crippen LogP contribution in [0.5, 0.6) is 5.75 Å². The van der Waals surface area contributed by atoms with E-state index in [1.807, 2.05) is 6.92 Å². The second-order valence-electron chi connectivity index (χ2n) is 3.97. The highest BCUT2D eigenvalue weighted by atomic mass is 16.6. The topological polar surface area (TPSA) is 78.7 Å². The molecule has 1 rings (SSSR count). The lowest BCUT2D eigenvalue weighted by atomic mass is 10.2. The molecule has 1 aromatic rings. The Morgan fingerprint density at radius 2 is 2.11 bits per heavy atom. The summed E-state index contributed by atoms with van der Waals surface area (Å²) in [7, 11) is 0. The molecule has 0 amide bonds. The van der Waals surface area contributed by atoms with Gasteiger partial charge in [0.2, 0.25) is 0 Å². The van der Waals surface area contributed by atoms with Crippen molar-refractivity contribution in [2.24, 2.45) is 0 Å². The average molecular weight is 267 g/mol. The lowest BCUT2D eigenvalue weighted by Gasteiger charge is -2.17. The number of esters is 1. The summed E-state index contributed by atoms with van der Waals surface area (Å²) in [5, 5.41) is 10.6. The van der Waals surface area contributed by atoms with E-state index in [1.54, 1.807) is 13.8 Å². The molecule has 1 aromatic carbocycles. The fourth-order valence-corrected chi connectivity index (χ4v) is 1.57. The molecule has 0 radical (unpaired) electrons. The SMILES string of the molecule is CCOC(=O)C(CC)Oc1ccc([N+](=O)[O-])cc1C. The van der Waals surface area contributed by atoms with E-state index in [0.717, 1.165) is 0 Å². The lowest BCUT2D eigenvalue weighted by molar-refractivity contribution is -0.384. The monoisotopic (exact) mass is 267 g/mol. The summed E-state index contributed by atoms with van der Waals surface area (Å²) >= 11 is 0. The first-order valence-corrected chi connectivity index (χ1v) is 6.07. The second-order valence-corrected chi connectivity index (χ2v) is 3.97. The summed E-state index contributed by atoms with van der Waals surface area (Å²) < 4.78 is 10.4. The molecule has 0 aliphatic carbocycles. The zero-order chi connectivity index (χ0) is 14.4. The second kappa shape index (κ2) is 6.72. The van der Waals surface area contributed by atoms with Gasteiger partial charge in [-0.25, -0.2) is 4.79 Å². The maximum atomic E-state index is 11.6. The number of hydrogen-bond acceptors (Lipinski definition) is 5. The minimum Gasteiger partial charge on any atom is -0.478 e. The number of carbonyl (C=O) groups excluding carboxylic acids is 1. The minimum absolute atomic E-state index is 0.00552. The molecule has 0 aliphatic rings. The number of non-ortho nitro benzene ring substituents is 1. The van der Waals surface area contributed by atoms with Crippen LogP contribution in [0.25, 0.3) is 0 Å². The number of aryl methyl sites for hydroxylation is 1. The van der Waals surface area contributed by atoms with Gasteiger partial charge in [-0.3, -0.25) is 10.1 Å². The highest BCUT2D eigenvalue weighted by molar-refractivity contribution is 5.75. The van der Waals surface area contributed by atoms with Crippen molar-refractivity contribution in [2.75, 3.05) is 6.61 Å². The van der Waals surface area contributed by atoms with Crippen molar-refractivity contribution in [3.8, 4) is 5.75 Å². The predicted molar refractivity (Wildman–Crippen MR) is 69.2 cm³/mol. The first kappa shape index (κ1) is 14.9.